The van der Waals surface area contributed by atoms with Gasteiger partial charge >= 0.3 is 5.97 Å². The molecule has 0 fully saturated rings. The van der Waals surface area contributed by atoms with Crippen molar-refractivity contribution < 1.29 is 24.2 Å². The fourth-order valence-corrected chi connectivity index (χ4v) is 1.47. The van der Waals surface area contributed by atoms with Gasteiger partial charge in [0, 0.05) is 7.11 Å². The molecule has 21 heavy (non-hydrogen) atoms. The molecule has 0 radical (unpaired) electrons. The van der Waals surface area contributed by atoms with Crippen molar-refractivity contribution >= 4 is 11.9 Å². The van der Waals surface area contributed by atoms with E-state index >= 15 is 0 Å². The fraction of sp³-hybridized carbons (Fsp3) is 0.357. The van der Waals surface area contributed by atoms with Crippen molar-refractivity contribution in [2.75, 3.05) is 13.7 Å². The first-order valence-electron chi connectivity index (χ1n) is 6.18. The summed E-state index contributed by atoms with van der Waals surface area (Å²) >= 11 is 0. The van der Waals surface area contributed by atoms with Crippen molar-refractivity contribution in [3.05, 3.63) is 29.8 Å². The van der Waals surface area contributed by atoms with Crippen LogP contribution in [-0.4, -0.2) is 42.8 Å². The first-order chi connectivity index (χ1) is 9.97. The molecule has 1 rings (SSSR count). The average molecular weight is 292 g/mol. The van der Waals surface area contributed by atoms with Crippen LogP contribution in [0, 0.1) is 11.3 Å². The van der Waals surface area contributed by atoms with Crippen molar-refractivity contribution in [1.29, 1.82) is 5.26 Å². The zero-order valence-corrected chi connectivity index (χ0v) is 11.7. The Morgan fingerprint density at radius 1 is 1.38 bits per heavy atom. The number of amides is 1. The Bertz CT molecular complexity index is 535. The zero-order chi connectivity index (χ0) is 15.8. The summed E-state index contributed by atoms with van der Waals surface area (Å²) < 4.78 is 10.1. The Balaban J connectivity index is 2.50. The average Bonchev–Trinajstić information content (AvgIpc) is 2.48. The van der Waals surface area contributed by atoms with E-state index in [0.717, 1.165) is 0 Å². The summed E-state index contributed by atoms with van der Waals surface area (Å²) in [4.78, 5) is 22.5. The minimum atomic E-state index is -1.15. The molecule has 0 aliphatic rings. The Labute approximate surface area is 122 Å². The maximum atomic E-state index is 11.8. The lowest BCUT2D eigenvalue weighted by atomic mass is 10.2. The van der Waals surface area contributed by atoms with Crippen LogP contribution >= 0.6 is 0 Å². The van der Waals surface area contributed by atoms with Gasteiger partial charge in [0.15, 0.2) is 12.2 Å². The summed E-state index contributed by atoms with van der Waals surface area (Å²) in [5.74, 6) is -1.17. The van der Waals surface area contributed by atoms with E-state index in [2.05, 4.69) is 5.32 Å². The molecule has 1 aromatic rings. The van der Waals surface area contributed by atoms with Crippen LogP contribution in [-0.2, 0) is 14.3 Å². The maximum absolute atomic E-state index is 11.8. The molecule has 0 saturated heterocycles. The lowest BCUT2D eigenvalue weighted by Gasteiger charge is -2.16. The van der Waals surface area contributed by atoms with E-state index in [-0.39, 0.29) is 6.54 Å². The van der Waals surface area contributed by atoms with E-state index in [1.54, 1.807) is 24.3 Å². The van der Waals surface area contributed by atoms with E-state index in [0.29, 0.717) is 11.3 Å². The number of hydrogen-bond donors (Lipinski definition) is 2. The van der Waals surface area contributed by atoms with Gasteiger partial charge in [0.1, 0.15) is 5.75 Å². The van der Waals surface area contributed by atoms with E-state index in [1.165, 1.54) is 14.0 Å². The molecule has 7 nitrogen and oxygen atoms in total. The quantitative estimate of drug-likeness (QED) is 0.759. The summed E-state index contributed by atoms with van der Waals surface area (Å²) in [5, 5.41) is 19.9. The molecular weight excluding hydrogens is 276 g/mol. The number of ether oxygens (including phenoxy) is 2. The largest absolute Gasteiger partial charge is 0.481 e. The number of hydrogen-bond acceptors (Lipinski definition) is 5. The Morgan fingerprint density at radius 3 is 2.48 bits per heavy atom. The summed E-state index contributed by atoms with van der Waals surface area (Å²) in [6, 6.07) is 8.29. The number of nitriles is 1. The van der Waals surface area contributed by atoms with E-state index < -0.39 is 24.1 Å². The third-order valence-corrected chi connectivity index (χ3v) is 2.69. The molecule has 2 atom stereocenters. The number of aliphatic carboxylic acids is 1. The number of carboxylic acid groups (broad SMARTS) is 1. The highest BCUT2D eigenvalue weighted by atomic mass is 16.5. The van der Waals surface area contributed by atoms with Gasteiger partial charge in [-0.3, -0.25) is 4.79 Å². The van der Waals surface area contributed by atoms with Gasteiger partial charge in [-0.2, -0.15) is 5.26 Å². The molecule has 0 saturated carbocycles. The van der Waals surface area contributed by atoms with Gasteiger partial charge in [0.2, 0.25) is 0 Å². The van der Waals surface area contributed by atoms with Crippen molar-refractivity contribution in [2.45, 2.75) is 19.1 Å². The number of benzene rings is 1. The lowest BCUT2D eigenvalue weighted by Crippen LogP contribution is -2.43. The fourth-order valence-electron chi connectivity index (χ4n) is 1.47. The molecule has 0 spiro atoms. The van der Waals surface area contributed by atoms with Gasteiger partial charge in [-0.05, 0) is 31.2 Å². The molecule has 0 bridgehead atoms. The van der Waals surface area contributed by atoms with Crippen LogP contribution in [0.4, 0.5) is 0 Å². The van der Waals surface area contributed by atoms with Crippen LogP contribution in [0.1, 0.15) is 12.5 Å². The minimum Gasteiger partial charge on any atom is -0.481 e. The number of carbonyl (C=O) groups is 2. The maximum Gasteiger partial charge on any atom is 0.334 e. The van der Waals surface area contributed by atoms with Crippen molar-refractivity contribution in [2.24, 2.45) is 0 Å². The molecule has 0 heterocycles. The third kappa shape index (κ3) is 5.12. The van der Waals surface area contributed by atoms with Crippen molar-refractivity contribution in [3.63, 3.8) is 0 Å². The highest BCUT2D eigenvalue weighted by Crippen LogP contribution is 2.13. The van der Waals surface area contributed by atoms with Gasteiger partial charge in [-0.1, -0.05) is 0 Å². The predicted octanol–water partition coefficient (Wildman–Crippen LogP) is 0.541. The predicted molar refractivity (Wildman–Crippen MR) is 72.7 cm³/mol. The smallest absolute Gasteiger partial charge is 0.334 e. The molecule has 2 N–H and O–H groups in total. The highest BCUT2D eigenvalue weighted by molar-refractivity contribution is 5.81. The monoisotopic (exact) mass is 292 g/mol. The molecule has 0 aliphatic heterocycles. The van der Waals surface area contributed by atoms with Crippen LogP contribution in [0.5, 0.6) is 5.75 Å². The van der Waals surface area contributed by atoms with Crippen molar-refractivity contribution in [1.82, 2.24) is 5.32 Å². The number of rotatable bonds is 7. The van der Waals surface area contributed by atoms with Gasteiger partial charge < -0.3 is 19.9 Å². The normalized spacial score (nSPS) is 12.8. The number of nitrogens with one attached hydrogen (secondary N) is 1. The number of methoxy groups -OCH3 is 1. The molecule has 0 aliphatic carbocycles. The van der Waals surface area contributed by atoms with Crippen LogP contribution in [0.25, 0.3) is 0 Å². The SMILES string of the molecule is COC(CNC(=O)C(C)Oc1ccc(C#N)cc1)C(=O)O. The van der Waals surface area contributed by atoms with Crippen LogP contribution in [0.15, 0.2) is 24.3 Å². The third-order valence-electron chi connectivity index (χ3n) is 2.69. The first-order valence-corrected chi connectivity index (χ1v) is 6.18. The molecule has 7 heteroatoms. The van der Waals surface area contributed by atoms with Crippen LogP contribution in [0.3, 0.4) is 0 Å². The second-order valence-electron chi connectivity index (χ2n) is 4.20. The zero-order valence-electron chi connectivity index (χ0n) is 11.7. The Morgan fingerprint density at radius 2 is 2.00 bits per heavy atom. The van der Waals surface area contributed by atoms with Gasteiger partial charge in [0.05, 0.1) is 18.2 Å². The standard InChI is InChI=1S/C14H16N2O5/c1-9(13(17)16-8-12(20-2)14(18)19)21-11-5-3-10(7-15)4-6-11/h3-6,9,12H,8H2,1-2H3,(H,16,17)(H,18,19). The summed E-state index contributed by atoms with van der Waals surface area (Å²) in [7, 11) is 1.25. The molecule has 1 aromatic carbocycles. The van der Waals surface area contributed by atoms with E-state index in [9.17, 15) is 9.59 Å². The van der Waals surface area contributed by atoms with Crippen LogP contribution < -0.4 is 10.1 Å². The molecule has 1 amide bonds. The molecular formula is C14H16N2O5. The topological polar surface area (TPSA) is 109 Å². The first kappa shape index (κ1) is 16.5. The summed E-state index contributed by atoms with van der Waals surface area (Å²) in [6.45, 7) is 1.39. The van der Waals surface area contributed by atoms with E-state index in [1.807, 2.05) is 6.07 Å². The lowest BCUT2D eigenvalue weighted by molar-refractivity contribution is -0.148. The molecule has 0 aromatic heterocycles. The highest BCUT2D eigenvalue weighted by Gasteiger charge is 2.20. The second-order valence-corrected chi connectivity index (χ2v) is 4.20. The Hall–Kier alpha value is -2.59. The molecule has 112 valence electrons. The van der Waals surface area contributed by atoms with Crippen molar-refractivity contribution in [3.8, 4) is 11.8 Å². The molecule has 2 unspecified atom stereocenters. The number of carboxylic acids is 1. The second kappa shape index (κ2) is 7.87. The summed E-state index contributed by atoms with van der Waals surface area (Å²) in [5.41, 5.74) is 0.490. The van der Waals surface area contributed by atoms with Gasteiger partial charge in [-0.15, -0.1) is 0 Å². The number of nitrogens with zero attached hydrogens (tertiary/aromatic N) is 1. The van der Waals surface area contributed by atoms with E-state index in [4.69, 9.17) is 19.8 Å². The summed E-state index contributed by atoms with van der Waals surface area (Å²) in [6.07, 6.45) is -1.90. The van der Waals surface area contributed by atoms with Crippen LogP contribution in [0.2, 0.25) is 0 Å². The van der Waals surface area contributed by atoms with Gasteiger partial charge in [-0.25, -0.2) is 4.79 Å². The number of carbonyl (C=O) groups excluding carboxylic acids is 1. The Kier molecular flexibility index (Phi) is 6.17. The van der Waals surface area contributed by atoms with Gasteiger partial charge in [0.25, 0.3) is 5.91 Å². The minimum absolute atomic E-state index is 0.147.